The van der Waals surface area contributed by atoms with E-state index in [1.165, 1.54) is 5.06 Å². The molecule has 0 aromatic heterocycles. The zero-order valence-electron chi connectivity index (χ0n) is 12.5. The number of hydrogen-bond acceptors (Lipinski definition) is 4. The number of nitrogens with one attached hydrogen (secondary N) is 2. The van der Waals surface area contributed by atoms with Gasteiger partial charge in [-0.3, -0.25) is 10.2 Å². The second-order valence-corrected chi connectivity index (χ2v) is 5.49. The third-order valence-electron chi connectivity index (χ3n) is 3.49. The van der Waals surface area contributed by atoms with Crippen molar-refractivity contribution in [3.05, 3.63) is 66.2 Å². The fourth-order valence-electron chi connectivity index (χ4n) is 2.40. The van der Waals surface area contributed by atoms with E-state index < -0.39 is 5.72 Å². The SMILES string of the molecule is C[C@@]1(NNCc2ccccc2)CC(=O)N(c2ccccc2)O1. The second kappa shape index (κ2) is 6.27. The number of rotatable bonds is 5. The van der Waals surface area contributed by atoms with Gasteiger partial charge >= 0.3 is 0 Å². The molecule has 3 rings (SSSR count). The molecule has 1 aliphatic rings. The van der Waals surface area contributed by atoms with Crippen molar-refractivity contribution in [3.63, 3.8) is 0 Å². The highest BCUT2D eigenvalue weighted by molar-refractivity contribution is 5.93. The van der Waals surface area contributed by atoms with E-state index in [0.717, 1.165) is 11.3 Å². The van der Waals surface area contributed by atoms with Crippen molar-refractivity contribution >= 4 is 11.6 Å². The van der Waals surface area contributed by atoms with E-state index in [-0.39, 0.29) is 12.3 Å². The van der Waals surface area contributed by atoms with Crippen molar-refractivity contribution < 1.29 is 9.63 Å². The number of carbonyl (C=O) groups is 1. The summed E-state index contributed by atoms with van der Waals surface area (Å²) < 4.78 is 0. The van der Waals surface area contributed by atoms with Crippen molar-refractivity contribution in [2.75, 3.05) is 5.06 Å². The minimum Gasteiger partial charge on any atom is -0.272 e. The fraction of sp³-hybridized carbons (Fsp3) is 0.235. The normalized spacial score (nSPS) is 21.3. The quantitative estimate of drug-likeness (QED) is 0.832. The summed E-state index contributed by atoms with van der Waals surface area (Å²) in [4.78, 5) is 18.0. The monoisotopic (exact) mass is 297 g/mol. The summed E-state index contributed by atoms with van der Waals surface area (Å²) in [5.74, 6) is -0.0669. The van der Waals surface area contributed by atoms with Gasteiger partial charge in [0.2, 0.25) is 0 Å². The molecule has 0 spiro atoms. The molecule has 22 heavy (non-hydrogen) atoms. The lowest BCUT2D eigenvalue weighted by Crippen LogP contribution is -2.50. The van der Waals surface area contributed by atoms with Crippen LogP contribution in [0.3, 0.4) is 0 Å². The molecule has 0 radical (unpaired) electrons. The number of amides is 1. The van der Waals surface area contributed by atoms with Crippen LogP contribution in [0.2, 0.25) is 0 Å². The van der Waals surface area contributed by atoms with E-state index in [4.69, 9.17) is 4.84 Å². The first-order valence-corrected chi connectivity index (χ1v) is 7.27. The maximum Gasteiger partial charge on any atom is 0.255 e. The maximum atomic E-state index is 12.2. The number of hydrogen-bond donors (Lipinski definition) is 2. The highest BCUT2D eigenvalue weighted by Crippen LogP contribution is 2.28. The molecular weight excluding hydrogens is 278 g/mol. The lowest BCUT2D eigenvalue weighted by molar-refractivity contribution is -0.119. The van der Waals surface area contributed by atoms with Gasteiger partial charge in [0.25, 0.3) is 5.91 Å². The van der Waals surface area contributed by atoms with Crippen LogP contribution in [0.5, 0.6) is 0 Å². The Morgan fingerprint density at radius 3 is 2.41 bits per heavy atom. The van der Waals surface area contributed by atoms with Gasteiger partial charge in [-0.2, -0.15) is 5.06 Å². The van der Waals surface area contributed by atoms with E-state index in [9.17, 15) is 4.79 Å². The van der Waals surface area contributed by atoms with Crippen molar-refractivity contribution in [1.82, 2.24) is 10.9 Å². The van der Waals surface area contributed by atoms with Gasteiger partial charge in [0.05, 0.1) is 12.1 Å². The van der Waals surface area contributed by atoms with E-state index >= 15 is 0 Å². The molecule has 2 aromatic rings. The average Bonchev–Trinajstić information content (AvgIpc) is 2.84. The predicted molar refractivity (Wildman–Crippen MR) is 84.5 cm³/mol. The zero-order chi connectivity index (χ0) is 15.4. The van der Waals surface area contributed by atoms with Crippen molar-refractivity contribution in [3.8, 4) is 0 Å². The Hall–Kier alpha value is -2.21. The highest BCUT2D eigenvalue weighted by Gasteiger charge is 2.41. The Morgan fingerprint density at radius 1 is 1.09 bits per heavy atom. The van der Waals surface area contributed by atoms with Gasteiger partial charge < -0.3 is 0 Å². The van der Waals surface area contributed by atoms with Crippen LogP contribution in [-0.2, 0) is 16.2 Å². The Labute approximate surface area is 129 Å². The number of hydrazine groups is 1. The molecule has 1 saturated heterocycles. The molecule has 5 nitrogen and oxygen atoms in total. The Morgan fingerprint density at radius 2 is 1.73 bits per heavy atom. The summed E-state index contributed by atoms with van der Waals surface area (Å²) in [7, 11) is 0. The van der Waals surface area contributed by atoms with Crippen LogP contribution in [0.15, 0.2) is 60.7 Å². The molecule has 1 heterocycles. The number of nitrogens with zero attached hydrogens (tertiary/aromatic N) is 1. The molecule has 2 aromatic carbocycles. The van der Waals surface area contributed by atoms with E-state index in [2.05, 4.69) is 10.9 Å². The van der Waals surface area contributed by atoms with Gasteiger partial charge in [0.1, 0.15) is 0 Å². The highest BCUT2D eigenvalue weighted by atomic mass is 16.7. The minimum atomic E-state index is -0.762. The molecule has 2 N–H and O–H groups in total. The first-order valence-electron chi connectivity index (χ1n) is 7.27. The molecule has 0 aliphatic carbocycles. The van der Waals surface area contributed by atoms with Gasteiger partial charge in [-0.1, -0.05) is 48.5 Å². The standard InChI is InChI=1S/C17H19N3O2/c1-17(19-18-13-14-8-4-2-5-9-14)12-16(21)20(22-17)15-10-6-3-7-11-15/h2-11,18-19H,12-13H2,1H3/t17-/m0/s1. The number of anilines is 1. The lowest BCUT2D eigenvalue weighted by Gasteiger charge is -2.25. The largest absolute Gasteiger partial charge is 0.272 e. The minimum absolute atomic E-state index is 0.0669. The third kappa shape index (κ3) is 3.33. The molecule has 114 valence electrons. The number of carbonyl (C=O) groups excluding carboxylic acids is 1. The van der Waals surface area contributed by atoms with Crippen molar-refractivity contribution in [2.24, 2.45) is 0 Å². The van der Waals surface area contributed by atoms with Gasteiger partial charge in [-0.25, -0.2) is 10.3 Å². The van der Waals surface area contributed by atoms with Crippen molar-refractivity contribution in [2.45, 2.75) is 25.6 Å². The summed E-state index contributed by atoms with van der Waals surface area (Å²) in [5, 5.41) is 1.34. The topological polar surface area (TPSA) is 53.6 Å². The smallest absolute Gasteiger partial charge is 0.255 e. The number of hydroxylamine groups is 1. The van der Waals surface area contributed by atoms with Crippen LogP contribution in [-0.4, -0.2) is 11.6 Å². The Kier molecular flexibility index (Phi) is 4.20. The summed E-state index contributed by atoms with van der Waals surface area (Å²) in [6.45, 7) is 2.51. The molecule has 0 saturated carbocycles. The zero-order valence-corrected chi connectivity index (χ0v) is 12.5. The average molecular weight is 297 g/mol. The summed E-state index contributed by atoms with van der Waals surface area (Å²) in [6.07, 6.45) is 0.268. The van der Waals surface area contributed by atoms with E-state index in [1.807, 2.05) is 67.6 Å². The number of para-hydroxylation sites is 1. The van der Waals surface area contributed by atoms with E-state index in [1.54, 1.807) is 0 Å². The van der Waals surface area contributed by atoms with Crippen LogP contribution in [0.4, 0.5) is 5.69 Å². The van der Waals surface area contributed by atoms with Crippen LogP contribution in [0.1, 0.15) is 18.9 Å². The Balaban J connectivity index is 1.59. The fourth-order valence-corrected chi connectivity index (χ4v) is 2.40. The summed E-state index contributed by atoms with van der Waals surface area (Å²) in [6, 6.07) is 19.4. The number of benzene rings is 2. The van der Waals surface area contributed by atoms with Gasteiger partial charge in [-0.15, -0.1) is 0 Å². The molecule has 1 atom stereocenters. The Bertz CT molecular complexity index is 633. The van der Waals surface area contributed by atoms with Gasteiger partial charge in [-0.05, 0) is 24.6 Å². The van der Waals surface area contributed by atoms with E-state index in [0.29, 0.717) is 6.54 Å². The van der Waals surface area contributed by atoms with Crippen LogP contribution in [0, 0.1) is 0 Å². The van der Waals surface area contributed by atoms with Crippen molar-refractivity contribution in [1.29, 1.82) is 0 Å². The van der Waals surface area contributed by atoms with Crippen LogP contribution < -0.4 is 15.9 Å². The third-order valence-corrected chi connectivity index (χ3v) is 3.49. The van der Waals surface area contributed by atoms with Crippen LogP contribution in [0.25, 0.3) is 0 Å². The molecule has 0 bridgehead atoms. The molecule has 0 unspecified atom stereocenters. The molecule has 1 amide bonds. The lowest BCUT2D eigenvalue weighted by atomic mass is 10.2. The molecule has 5 heteroatoms. The first kappa shape index (κ1) is 14.7. The molecular formula is C17H19N3O2. The van der Waals surface area contributed by atoms with Gasteiger partial charge in [0.15, 0.2) is 5.72 Å². The predicted octanol–water partition coefficient (Wildman–Crippen LogP) is 2.37. The first-order chi connectivity index (χ1) is 10.7. The van der Waals surface area contributed by atoms with Gasteiger partial charge in [0, 0.05) is 6.54 Å². The molecule has 1 aliphatic heterocycles. The van der Waals surface area contributed by atoms with Crippen LogP contribution >= 0.6 is 0 Å². The summed E-state index contributed by atoms with van der Waals surface area (Å²) >= 11 is 0. The molecule has 1 fully saturated rings. The summed E-state index contributed by atoms with van der Waals surface area (Å²) in [5.41, 5.74) is 7.36. The maximum absolute atomic E-state index is 12.2. The second-order valence-electron chi connectivity index (χ2n) is 5.49.